The molecule has 5 heteroatoms. The van der Waals surface area contributed by atoms with Crippen LogP contribution in [0.25, 0.3) is 0 Å². The van der Waals surface area contributed by atoms with E-state index in [-0.39, 0.29) is 0 Å². The molecule has 0 aromatic carbocycles. The van der Waals surface area contributed by atoms with Crippen molar-refractivity contribution >= 4 is 11.7 Å². The highest BCUT2D eigenvalue weighted by molar-refractivity contribution is 6.99. The van der Waals surface area contributed by atoms with Crippen molar-refractivity contribution in [2.24, 2.45) is 0 Å². The molecule has 4 nitrogen and oxygen atoms in total. The van der Waals surface area contributed by atoms with E-state index in [0.29, 0.717) is 18.5 Å². The molecule has 1 atom stereocenters. The van der Waals surface area contributed by atoms with Gasteiger partial charge in [-0.2, -0.15) is 4.37 Å². The molecule has 1 aliphatic heterocycles. The van der Waals surface area contributed by atoms with Gasteiger partial charge in [-0.3, -0.25) is 0 Å². The molecule has 1 fully saturated rings. The number of rotatable bonds is 3. The molecule has 1 aromatic rings. The van der Waals surface area contributed by atoms with Gasteiger partial charge in [0.15, 0.2) is 0 Å². The van der Waals surface area contributed by atoms with Crippen LogP contribution in [0.1, 0.15) is 12.8 Å². The number of hydrogen-bond acceptors (Lipinski definition) is 5. The molecule has 0 aliphatic carbocycles. The number of ether oxygens (including phenoxy) is 1. The molecule has 66 valence electrons. The van der Waals surface area contributed by atoms with Crippen LogP contribution < -0.4 is 10.1 Å². The van der Waals surface area contributed by atoms with Gasteiger partial charge in [-0.05, 0) is 19.4 Å². The van der Waals surface area contributed by atoms with Gasteiger partial charge in [-0.15, -0.1) is 4.37 Å². The molecule has 0 bridgehead atoms. The van der Waals surface area contributed by atoms with Crippen LogP contribution >= 0.6 is 11.7 Å². The van der Waals surface area contributed by atoms with E-state index in [1.165, 1.54) is 24.6 Å². The third kappa shape index (κ3) is 1.92. The van der Waals surface area contributed by atoms with Gasteiger partial charge in [0.25, 0.3) is 0 Å². The van der Waals surface area contributed by atoms with Crippen LogP contribution in [0.3, 0.4) is 0 Å². The van der Waals surface area contributed by atoms with E-state index in [0.717, 1.165) is 6.54 Å². The number of hydrogen-bond donors (Lipinski definition) is 1. The lowest BCUT2D eigenvalue weighted by atomic mass is 10.2. The maximum atomic E-state index is 5.40. The van der Waals surface area contributed by atoms with Crippen LogP contribution in [0, 0.1) is 0 Å². The number of nitrogens with one attached hydrogen (secondary N) is 1. The fraction of sp³-hybridized carbons (Fsp3) is 0.714. The first-order chi connectivity index (χ1) is 5.95. The first-order valence-electron chi connectivity index (χ1n) is 4.09. The Labute approximate surface area is 75.3 Å². The molecule has 1 aliphatic rings. The second-order valence-electron chi connectivity index (χ2n) is 2.85. The van der Waals surface area contributed by atoms with Crippen molar-refractivity contribution < 1.29 is 4.74 Å². The zero-order chi connectivity index (χ0) is 8.23. The largest absolute Gasteiger partial charge is 0.474 e. The molecule has 0 amide bonds. The topological polar surface area (TPSA) is 47.0 Å². The first kappa shape index (κ1) is 7.94. The summed E-state index contributed by atoms with van der Waals surface area (Å²) in [4.78, 5) is 0. The summed E-state index contributed by atoms with van der Waals surface area (Å²) >= 11 is 1.18. The summed E-state index contributed by atoms with van der Waals surface area (Å²) in [6, 6.07) is 0.506. The minimum atomic E-state index is 0.506. The van der Waals surface area contributed by atoms with Crippen molar-refractivity contribution in [3.05, 3.63) is 6.20 Å². The maximum absolute atomic E-state index is 5.40. The molecule has 0 saturated carbocycles. The summed E-state index contributed by atoms with van der Waals surface area (Å²) in [6.07, 6.45) is 4.11. The molecule has 1 saturated heterocycles. The SMILES string of the molecule is c1nsnc1OCC1CCCN1. The Kier molecular flexibility index (Phi) is 2.53. The van der Waals surface area contributed by atoms with Crippen LogP contribution in [0.15, 0.2) is 6.20 Å². The van der Waals surface area contributed by atoms with Crippen molar-refractivity contribution in [3.63, 3.8) is 0 Å². The van der Waals surface area contributed by atoms with E-state index < -0.39 is 0 Å². The van der Waals surface area contributed by atoms with Gasteiger partial charge in [0.2, 0.25) is 5.88 Å². The summed E-state index contributed by atoms with van der Waals surface area (Å²) < 4.78 is 13.2. The average molecular weight is 185 g/mol. The predicted octanol–water partition coefficient (Wildman–Crippen LogP) is 0.669. The van der Waals surface area contributed by atoms with Gasteiger partial charge in [0.05, 0.1) is 11.7 Å². The molecule has 1 unspecified atom stereocenters. The van der Waals surface area contributed by atoms with Gasteiger partial charge in [0, 0.05) is 6.04 Å². The maximum Gasteiger partial charge on any atom is 0.245 e. The fourth-order valence-corrected chi connectivity index (χ4v) is 1.67. The minimum absolute atomic E-state index is 0.506. The quantitative estimate of drug-likeness (QED) is 0.752. The van der Waals surface area contributed by atoms with Gasteiger partial charge < -0.3 is 10.1 Å². The van der Waals surface area contributed by atoms with Crippen LogP contribution in [0.4, 0.5) is 0 Å². The lowest BCUT2D eigenvalue weighted by Gasteiger charge is -2.08. The number of nitrogens with zero attached hydrogens (tertiary/aromatic N) is 2. The van der Waals surface area contributed by atoms with E-state index in [2.05, 4.69) is 14.1 Å². The predicted molar refractivity (Wildman–Crippen MR) is 46.4 cm³/mol. The summed E-state index contributed by atoms with van der Waals surface area (Å²) in [5.74, 6) is 0.647. The van der Waals surface area contributed by atoms with Gasteiger partial charge in [0.1, 0.15) is 12.8 Å². The Hall–Kier alpha value is -0.680. The number of aromatic nitrogens is 2. The standard InChI is InChI=1S/C7H11N3OS/c1-2-6(8-3-1)5-11-7-4-9-12-10-7/h4,6,8H,1-3,5H2. The Bertz CT molecular complexity index is 221. The molecule has 2 rings (SSSR count). The van der Waals surface area contributed by atoms with Gasteiger partial charge >= 0.3 is 0 Å². The summed E-state index contributed by atoms with van der Waals surface area (Å²) in [6.45, 7) is 1.83. The van der Waals surface area contributed by atoms with Crippen molar-refractivity contribution in [1.82, 2.24) is 14.1 Å². The minimum Gasteiger partial charge on any atom is -0.474 e. The normalized spacial score (nSPS) is 22.8. The van der Waals surface area contributed by atoms with Gasteiger partial charge in [-0.25, -0.2) is 0 Å². The van der Waals surface area contributed by atoms with E-state index in [9.17, 15) is 0 Å². The monoisotopic (exact) mass is 185 g/mol. The zero-order valence-corrected chi connectivity index (χ0v) is 7.51. The fourth-order valence-electron chi connectivity index (χ4n) is 1.30. The highest BCUT2D eigenvalue weighted by Gasteiger charge is 2.14. The van der Waals surface area contributed by atoms with E-state index in [4.69, 9.17) is 4.74 Å². The summed E-state index contributed by atoms with van der Waals surface area (Å²) in [5, 5.41) is 3.35. The second-order valence-corrected chi connectivity index (χ2v) is 3.41. The van der Waals surface area contributed by atoms with Crippen LogP contribution in [0.2, 0.25) is 0 Å². The average Bonchev–Trinajstić information content (AvgIpc) is 2.74. The lowest BCUT2D eigenvalue weighted by Crippen LogP contribution is -2.28. The van der Waals surface area contributed by atoms with E-state index in [1.54, 1.807) is 6.20 Å². The molecular weight excluding hydrogens is 174 g/mol. The Balaban J connectivity index is 1.74. The van der Waals surface area contributed by atoms with Crippen molar-refractivity contribution in [2.75, 3.05) is 13.2 Å². The molecule has 1 N–H and O–H groups in total. The van der Waals surface area contributed by atoms with Crippen LogP contribution in [0.5, 0.6) is 5.88 Å². The molecule has 0 spiro atoms. The highest BCUT2D eigenvalue weighted by atomic mass is 32.1. The third-order valence-corrected chi connectivity index (χ3v) is 2.40. The molecule has 2 heterocycles. The van der Waals surface area contributed by atoms with Crippen molar-refractivity contribution in [1.29, 1.82) is 0 Å². The second kappa shape index (κ2) is 3.82. The summed E-state index contributed by atoms with van der Waals surface area (Å²) in [7, 11) is 0. The zero-order valence-electron chi connectivity index (χ0n) is 6.69. The highest BCUT2D eigenvalue weighted by Crippen LogP contribution is 2.09. The van der Waals surface area contributed by atoms with E-state index in [1.807, 2.05) is 0 Å². The van der Waals surface area contributed by atoms with Crippen LogP contribution in [-0.2, 0) is 0 Å². The molecular formula is C7H11N3OS. The summed E-state index contributed by atoms with van der Waals surface area (Å²) in [5.41, 5.74) is 0. The van der Waals surface area contributed by atoms with Gasteiger partial charge in [-0.1, -0.05) is 0 Å². The third-order valence-electron chi connectivity index (χ3n) is 1.94. The van der Waals surface area contributed by atoms with Crippen molar-refractivity contribution in [2.45, 2.75) is 18.9 Å². The Morgan fingerprint density at radius 3 is 3.42 bits per heavy atom. The molecule has 12 heavy (non-hydrogen) atoms. The smallest absolute Gasteiger partial charge is 0.245 e. The van der Waals surface area contributed by atoms with E-state index >= 15 is 0 Å². The molecule has 0 radical (unpaired) electrons. The lowest BCUT2D eigenvalue weighted by molar-refractivity contribution is 0.269. The first-order valence-corrected chi connectivity index (χ1v) is 4.82. The van der Waals surface area contributed by atoms with Crippen LogP contribution in [-0.4, -0.2) is 27.9 Å². The Morgan fingerprint density at radius 1 is 1.75 bits per heavy atom. The Morgan fingerprint density at radius 2 is 2.75 bits per heavy atom. The molecule has 1 aromatic heterocycles. The van der Waals surface area contributed by atoms with Crippen molar-refractivity contribution in [3.8, 4) is 5.88 Å².